The SMILES string of the molecule is CCc1ccc([C@H]2COCCN2C(=O)Cc2c(C)noc2Cl)o1. The van der Waals surface area contributed by atoms with Crippen LogP contribution in [0.5, 0.6) is 0 Å². The highest BCUT2D eigenvalue weighted by atomic mass is 35.5. The largest absolute Gasteiger partial charge is 0.464 e. The Balaban J connectivity index is 1.79. The Morgan fingerprint density at radius 2 is 2.30 bits per heavy atom. The van der Waals surface area contributed by atoms with Gasteiger partial charge < -0.3 is 18.6 Å². The Labute approximate surface area is 139 Å². The van der Waals surface area contributed by atoms with Crippen molar-refractivity contribution in [1.29, 1.82) is 0 Å². The van der Waals surface area contributed by atoms with Gasteiger partial charge in [-0.3, -0.25) is 4.79 Å². The Hall–Kier alpha value is -1.79. The monoisotopic (exact) mass is 338 g/mol. The van der Waals surface area contributed by atoms with E-state index in [1.54, 1.807) is 11.8 Å². The third-order valence-electron chi connectivity index (χ3n) is 4.07. The second kappa shape index (κ2) is 6.76. The number of carbonyl (C=O) groups excluding carboxylic acids is 1. The molecular formula is C16H19ClN2O4. The summed E-state index contributed by atoms with van der Waals surface area (Å²) in [5.74, 6) is 1.61. The van der Waals surface area contributed by atoms with E-state index in [-0.39, 0.29) is 23.6 Å². The first-order valence-electron chi connectivity index (χ1n) is 7.66. The number of furan rings is 1. The van der Waals surface area contributed by atoms with Gasteiger partial charge in [0.15, 0.2) is 0 Å². The van der Waals surface area contributed by atoms with Crippen LogP contribution in [0.2, 0.25) is 5.22 Å². The van der Waals surface area contributed by atoms with Crippen molar-refractivity contribution in [2.24, 2.45) is 0 Å². The zero-order valence-corrected chi connectivity index (χ0v) is 13.9. The fourth-order valence-corrected chi connectivity index (χ4v) is 2.95. The minimum Gasteiger partial charge on any atom is -0.464 e. The average Bonchev–Trinajstić information content (AvgIpc) is 3.16. The second-order valence-corrected chi connectivity index (χ2v) is 5.88. The lowest BCUT2D eigenvalue weighted by atomic mass is 10.1. The van der Waals surface area contributed by atoms with Crippen molar-refractivity contribution >= 4 is 17.5 Å². The van der Waals surface area contributed by atoms with Gasteiger partial charge in [0.05, 0.1) is 25.3 Å². The molecule has 1 fully saturated rings. The molecule has 1 amide bonds. The van der Waals surface area contributed by atoms with Gasteiger partial charge in [-0.1, -0.05) is 12.1 Å². The Morgan fingerprint density at radius 1 is 1.48 bits per heavy atom. The summed E-state index contributed by atoms with van der Waals surface area (Å²) in [5, 5.41) is 3.96. The normalized spacial score (nSPS) is 18.4. The molecule has 0 saturated carbocycles. The number of aryl methyl sites for hydroxylation is 2. The van der Waals surface area contributed by atoms with E-state index in [0.29, 0.717) is 31.0 Å². The van der Waals surface area contributed by atoms with Crippen LogP contribution in [0.25, 0.3) is 0 Å². The minimum atomic E-state index is -0.213. The Morgan fingerprint density at radius 3 is 2.96 bits per heavy atom. The summed E-state index contributed by atoms with van der Waals surface area (Å²) < 4.78 is 16.3. The van der Waals surface area contributed by atoms with Gasteiger partial charge in [-0.15, -0.1) is 0 Å². The van der Waals surface area contributed by atoms with E-state index < -0.39 is 0 Å². The number of aromatic nitrogens is 1. The van der Waals surface area contributed by atoms with Gasteiger partial charge in [-0.05, 0) is 30.7 Å². The van der Waals surface area contributed by atoms with Crippen LogP contribution in [0.1, 0.15) is 35.7 Å². The molecule has 2 aromatic heterocycles. The number of rotatable bonds is 4. The maximum absolute atomic E-state index is 12.7. The molecule has 3 heterocycles. The van der Waals surface area contributed by atoms with Crippen LogP contribution in [0.15, 0.2) is 21.1 Å². The minimum absolute atomic E-state index is 0.0408. The molecule has 0 aromatic carbocycles. The highest BCUT2D eigenvalue weighted by Gasteiger charge is 2.31. The van der Waals surface area contributed by atoms with Crippen molar-refractivity contribution in [1.82, 2.24) is 10.1 Å². The molecule has 124 valence electrons. The first-order valence-corrected chi connectivity index (χ1v) is 8.04. The maximum Gasteiger partial charge on any atom is 0.229 e. The fraction of sp³-hybridized carbons (Fsp3) is 0.500. The first-order chi connectivity index (χ1) is 11.1. The molecule has 0 aliphatic carbocycles. The maximum atomic E-state index is 12.7. The molecule has 0 bridgehead atoms. The summed E-state index contributed by atoms with van der Waals surface area (Å²) in [6.45, 7) is 5.26. The topological polar surface area (TPSA) is 68.7 Å². The van der Waals surface area contributed by atoms with E-state index in [0.717, 1.165) is 17.9 Å². The molecule has 2 aromatic rings. The molecule has 3 rings (SSSR count). The van der Waals surface area contributed by atoms with E-state index in [1.807, 2.05) is 19.1 Å². The van der Waals surface area contributed by atoms with Crippen molar-refractivity contribution in [2.75, 3.05) is 19.8 Å². The van der Waals surface area contributed by atoms with Crippen LogP contribution < -0.4 is 0 Å². The van der Waals surface area contributed by atoms with E-state index in [4.69, 9.17) is 25.3 Å². The third-order valence-corrected chi connectivity index (χ3v) is 4.37. The van der Waals surface area contributed by atoms with Gasteiger partial charge >= 0.3 is 0 Å². The Kier molecular flexibility index (Phi) is 4.73. The molecule has 0 radical (unpaired) electrons. The first kappa shape index (κ1) is 16.1. The molecule has 1 aliphatic heterocycles. The number of amides is 1. The highest BCUT2D eigenvalue weighted by molar-refractivity contribution is 6.29. The predicted molar refractivity (Wildman–Crippen MR) is 83.3 cm³/mol. The van der Waals surface area contributed by atoms with Crippen molar-refractivity contribution in [2.45, 2.75) is 32.7 Å². The summed E-state index contributed by atoms with van der Waals surface area (Å²) in [6.07, 6.45) is 0.975. The lowest BCUT2D eigenvalue weighted by Crippen LogP contribution is -2.44. The molecule has 0 N–H and O–H groups in total. The summed E-state index contributed by atoms with van der Waals surface area (Å²) in [4.78, 5) is 14.5. The van der Waals surface area contributed by atoms with E-state index in [1.165, 1.54) is 0 Å². The number of morpholine rings is 1. The van der Waals surface area contributed by atoms with Crippen molar-refractivity contribution in [3.63, 3.8) is 0 Å². The van der Waals surface area contributed by atoms with Crippen LogP contribution in [0, 0.1) is 6.92 Å². The van der Waals surface area contributed by atoms with E-state index in [2.05, 4.69) is 5.16 Å². The van der Waals surface area contributed by atoms with Gasteiger partial charge in [-0.25, -0.2) is 0 Å². The van der Waals surface area contributed by atoms with Gasteiger partial charge in [0.25, 0.3) is 0 Å². The Bertz CT molecular complexity index is 675. The standard InChI is InChI=1S/C16H19ClN2O4/c1-3-11-4-5-14(22-11)13-9-21-7-6-19(13)15(20)8-12-10(2)18-23-16(12)17/h4-5,13H,3,6-9H2,1-2H3/t13-/m1/s1. The smallest absolute Gasteiger partial charge is 0.229 e. The zero-order chi connectivity index (χ0) is 16.4. The van der Waals surface area contributed by atoms with Gasteiger partial charge in [0.1, 0.15) is 17.6 Å². The highest BCUT2D eigenvalue weighted by Crippen LogP contribution is 2.28. The number of ether oxygens (including phenoxy) is 1. The molecule has 6 nitrogen and oxygen atoms in total. The van der Waals surface area contributed by atoms with E-state index in [9.17, 15) is 4.79 Å². The lowest BCUT2D eigenvalue weighted by Gasteiger charge is -2.34. The molecular weight excluding hydrogens is 320 g/mol. The average molecular weight is 339 g/mol. The van der Waals surface area contributed by atoms with Crippen LogP contribution in [-0.2, 0) is 22.4 Å². The number of carbonyl (C=O) groups is 1. The quantitative estimate of drug-likeness (QED) is 0.857. The van der Waals surface area contributed by atoms with E-state index >= 15 is 0 Å². The van der Waals surface area contributed by atoms with Crippen LogP contribution in [0.3, 0.4) is 0 Å². The summed E-state index contributed by atoms with van der Waals surface area (Å²) in [5.41, 5.74) is 1.27. The summed E-state index contributed by atoms with van der Waals surface area (Å²) >= 11 is 5.96. The van der Waals surface area contributed by atoms with Crippen LogP contribution in [-0.4, -0.2) is 35.7 Å². The third kappa shape index (κ3) is 3.28. The summed E-state index contributed by atoms with van der Waals surface area (Å²) in [7, 11) is 0. The molecule has 7 heteroatoms. The molecule has 1 aliphatic rings. The second-order valence-electron chi connectivity index (χ2n) is 5.53. The van der Waals surface area contributed by atoms with Crippen molar-refractivity contribution in [3.05, 3.63) is 40.1 Å². The molecule has 0 unspecified atom stereocenters. The number of nitrogens with zero attached hydrogens (tertiary/aromatic N) is 2. The van der Waals surface area contributed by atoms with Gasteiger partial charge in [-0.2, -0.15) is 0 Å². The molecule has 0 spiro atoms. The molecule has 1 saturated heterocycles. The molecule has 23 heavy (non-hydrogen) atoms. The van der Waals surface area contributed by atoms with Crippen molar-refractivity contribution < 1.29 is 18.5 Å². The van der Waals surface area contributed by atoms with Gasteiger partial charge in [0.2, 0.25) is 11.1 Å². The van der Waals surface area contributed by atoms with Crippen LogP contribution >= 0.6 is 11.6 Å². The predicted octanol–water partition coefficient (Wildman–Crippen LogP) is 2.93. The molecule has 1 atom stereocenters. The number of hydrogen-bond acceptors (Lipinski definition) is 5. The summed E-state index contributed by atoms with van der Waals surface area (Å²) in [6, 6.07) is 3.64. The number of halogens is 1. The fourth-order valence-electron chi connectivity index (χ4n) is 2.71. The number of hydrogen-bond donors (Lipinski definition) is 0. The zero-order valence-electron chi connectivity index (χ0n) is 13.2. The lowest BCUT2D eigenvalue weighted by molar-refractivity contribution is -0.140. The van der Waals surface area contributed by atoms with Gasteiger partial charge in [0, 0.05) is 18.5 Å². The van der Waals surface area contributed by atoms with Crippen molar-refractivity contribution in [3.8, 4) is 0 Å². The van der Waals surface area contributed by atoms with Crippen LogP contribution in [0.4, 0.5) is 0 Å².